The predicted octanol–water partition coefficient (Wildman–Crippen LogP) is 2.07. The Labute approximate surface area is 148 Å². The lowest BCUT2D eigenvalue weighted by molar-refractivity contribution is -0.130. The highest BCUT2D eigenvalue weighted by Crippen LogP contribution is 2.08. The highest BCUT2D eigenvalue weighted by atomic mass is 35.5. The number of ketones is 1. The zero-order valence-corrected chi connectivity index (χ0v) is 15.1. The number of amides is 2. The summed E-state index contributed by atoms with van der Waals surface area (Å²) in [6, 6.07) is 8.04. The first-order chi connectivity index (χ1) is 11.3. The summed E-state index contributed by atoms with van der Waals surface area (Å²) in [5, 5.41) is 5.38. The maximum Gasteiger partial charge on any atom is 0.243 e. The predicted molar refractivity (Wildman–Crippen MR) is 94.9 cm³/mol. The lowest BCUT2D eigenvalue weighted by atomic mass is 10.00. The molecule has 5 nitrogen and oxygen atoms in total. The van der Waals surface area contributed by atoms with Crippen LogP contribution in [0.3, 0.4) is 0 Å². The highest BCUT2D eigenvalue weighted by Gasteiger charge is 2.26. The van der Waals surface area contributed by atoms with Crippen LogP contribution < -0.4 is 10.6 Å². The molecule has 0 aliphatic heterocycles. The van der Waals surface area contributed by atoms with E-state index in [1.807, 2.05) is 44.2 Å². The van der Waals surface area contributed by atoms with Crippen LogP contribution in [0.15, 0.2) is 30.3 Å². The van der Waals surface area contributed by atoms with E-state index in [1.54, 1.807) is 0 Å². The van der Waals surface area contributed by atoms with Crippen molar-refractivity contribution < 1.29 is 14.4 Å². The number of nitrogens with one attached hydrogen (secondary N) is 2. The first-order valence-electron chi connectivity index (χ1n) is 8.03. The molecule has 0 aromatic heterocycles. The van der Waals surface area contributed by atoms with Gasteiger partial charge in [-0.05, 0) is 24.3 Å². The highest BCUT2D eigenvalue weighted by molar-refractivity contribution is 6.28. The average molecular weight is 353 g/mol. The third-order valence-corrected chi connectivity index (χ3v) is 3.78. The largest absolute Gasteiger partial charge is 0.345 e. The number of benzene rings is 1. The van der Waals surface area contributed by atoms with Gasteiger partial charge in [0.2, 0.25) is 11.8 Å². The van der Waals surface area contributed by atoms with Gasteiger partial charge in [-0.3, -0.25) is 14.4 Å². The van der Waals surface area contributed by atoms with Crippen LogP contribution in [0.25, 0.3) is 0 Å². The molecule has 2 atom stereocenters. The second-order valence-corrected chi connectivity index (χ2v) is 6.50. The number of carbonyl (C=O) groups is 3. The normalized spacial score (nSPS) is 13.2. The number of halogens is 1. The molecule has 6 heteroatoms. The Hall–Kier alpha value is -1.88. The molecule has 1 aromatic rings. The van der Waals surface area contributed by atoms with Crippen LogP contribution in [0.4, 0.5) is 0 Å². The molecule has 1 rings (SSSR count). The van der Waals surface area contributed by atoms with Crippen molar-refractivity contribution in [3.05, 3.63) is 35.9 Å². The summed E-state index contributed by atoms with van der Waals surface area (Å²) >= 11 is 5.67. The van der Waals surface area contributed by atoms with E-state index in [4.69, 9.17) is 11.6 Å². The van der Waals surface area contributed by atoms with E-state index < -0.39 is 12.1 Å². The van der Waals surface area contributed by atoms with Gasteiger partial charge in [-0.1, -0.05) is 44.2 Å². The molecule has 0 spiro atoms. The van der Waals surface area contributed by atoms with Crippen molar-refractivity contribution >= 4 is 29.2 Å². The Morgan fingerprint density at radius 3 is 2.17 bits per heavy atom. The minimum Gasteiger partial charge on any atom is -0.345 e. The molecule has 24 heavy (non-hydrogen) atoms. The van der Waals surface area contributed by atoms with Crippen LogP contribution >= 0.6 is 11.6 Å². The van der Waals surface area contributed by atoms with Crippen LogP contribution in [-0.4, -0.2) is 35.6 Å². The number of carbonyl (C=O) groups excluding carboxylic acids is 3. The lowest BCUT2D eigenvalue weighted by Crippen LogP contribution is -2.52. The number of alkyl halides is 1. The third kappa shape index (κ3) is 7.13. The Morgan fingerprint density at radius 1 is 1.04 bits per heavy atom. The van der Waals surface area contributed by atoms with Gasteiger partial charge in [0.25, 0.3) is 0 Å². The first-order valence-corrected chi connectivity index (χ1v) is 8.57. The van der Waals surface area contributed by atoms with E-state index in [1.165, 1.54) is 6.92 Å². The molecule has 0 aliphatic carbocycles. The molecule has 0 heterocycles. The molecule has 0 fully saturated rings. The van der Waals surface area contributed by atoms with Gasteiger partial charge >= 0.3 is 0 Å². The molecule has 0 unspecified atom stereocenters. The van der Waals surface area contributed by atoms with E-state index in [2.05, 4.69) is 10.6 Å². The van der Waals surface area contributed by atoms with Crippen molar-refractivity contribution in [1.82, 2.24) is 10.6 Å². The monoisotopic (exact) mass is 352 g/mol. The Morgan fingerprint density at radius 2 is 1.67 bits per heavy atom. The van der Waals surface area contributed by atoms with E-state index in [9.17, 15) is 14.4 Å². The molecule has 2 amide bonds. The Kier molecular flexibility index (Phi) is 8.47. The van der Waals surface area contributed by atoms with Crippen molar-refractivity contribution in [2.45, 2.75) is 45.7 Å². The zero-order chi connectivity index (χ0) is 18.1. The molecular formula is C18H25ClN2O3. The van der Waals surface area contributed by atoms with Crippen molar-refractivity contribution in [2.24, 2.45) is 5.92 Å². The van der Waals surface area contributed by atoms with E-state index >= 15 is 0 Å². The van der Waals surface area contributed by atoms with Gasteiger partial charge < -0.3 is 10.6 Å². The fourth-order valence-corrected chi connectivity index (χ4v) is 2.60. The standard InChI is InChI=1S/C18H25ClN2O3/c1-12(2)9-16(20-13(3)22)18(24)21-15(17(23)11-19)10-14-7-5-4-6-8-14/h4-8,12,15-16H,9-11H2,1-3H3,(H,20,22)(H,21,24)/t15-,16-/m1/s1. The maximum atomic E-state index is 12.5. The summed E-state index contributed by atoms with van der Waals surface area (Å²) in [5.41, 5.74) is 0.932. The van der Waals surface area contributed by atoms with Gasteiger partial charge in [-0.25, -0.2) is 0 Å². The molecular weight excluding hydrogens is 328 g/mol. The van der Waals surface area contributed by atoms with Crippen LogP contribution in [-0.2, 0) is 20.8 Å². The van der Waals surface area contributed by atoms with Gasteiger partial charge in [-0.2, -0.15) is 0 Å². The summed E-state index contributed by atoms with van der Waals surface area (Å²) in [4.78, 5) is 35.9. The number of hydrogen-bond donors (Lipinski definition) is 2. The number of hydrogen-bond acceptors (Lipinski definition) is 3. The Bertz CT molecular complexity index is 561. The molecule has 0 aliphatic rings. The van der Waals surface area contributed by atoms with E-state index in [0.29, 0.717) is 12.8 Å². The summed E-state index contributed by atoms with van der Waals surface area (Å²) in [5.74, 6) is -0.839. The topological polar surface area (TPSA) is 75.3 Å². The molecule has 0 radical (unpaired) electrons. The molecule has 2 N–H and O–H groups in total. The molecule has 0 saturated carbocycles. The fraction of sp³-hybridized carbons (Fsp3) is 0.500. The second kappa shape index (κ2) is 10.1. The minimum absolute atomic E-state index is 0.174. The zero-order valence-electron chi connectivity index (χ0n) is 14.3. The van der Waals surface area contributed by atoms with Crippen molar-refractivity contribution in [3.8, 4) is 0 Å². The first kappa shape index (κ1) is 20.2. The Balaban J connectivity index is 2.84. The van der Waals surface area contributed by atoms with Crippen molar-refractivity contribution in [2.75, 3.05) is 5.88 Å². The molecule has 0 bridgehead atoms. The van der Waals surface area contributed by atoms with Gasteiger partial charge in [0, 0.05) is 6.92 Å². The lowest BCUT2D eigenvalue weighted by Gasteiger charge is -2.23. The second-order valence-electron chi connectivity index (χ2n) is 6.23. The quantitative estimate of drug-likeness (QED) is 0.668. The average Bonchev–Trinajstić information content (AvgIpc) is 2.52. The summed E-state index contributed by atoms with van der Waals surface area (Å²) < 4.78 is 0. The molecule has 1 aromatic carbocycles. The summed E-state index contributed by atoms with van der Waals surface area (Å²) in [7, 11) is 0. The van der Waals surface area contributed by atoms with Gasteiger partial charge in [0.1, 0.15) is 6.04 Å². The summed E-state index contributed by atoms with van der Waals surface area (Å²) in [6.07, 6.45) is 0.866. The van der Waals surface area contributed by atoms with Gasteiger partial charge in [-0.15, -0.1) is 11.6 Å². The molecule has 0 saturated heterocycles. The van der Waals surface area contributed by atoms with E-state index in [0.717, 1.165) is 5.56 Å². The van der Waals surface area contributed by atoms with Crippen LogP contribution in [0, 0.1) is 5.92 Å². The van der Waals surface area contributed by atoms with Crippen LogP contribution in [0.5, 0.6) is 0 Å². The van der Waals surface area contributed by atoms with Gasteiger partial charge in [0.05, 0.1) is 11.9 Å². The van der Waals surface area contributed by atoms with Crippen LogP contribution in [0.1, 0.15) is 32.8 Å². The van der Waals surface area contributed by atoms with Crippen LogP contribution in [0.2, 0.25) is 0 Å². The van der Waals surface area contributed by atoms with Gasteiger partial charge in [0.15, 0.2) is 5.78 Å². The molecule has 132 valence electrons. The number of Topliss-reactive ketones (excluding diaryl/α,β-unsaturated/α-hetero) is 1. The van der Waals surface area contributed by atoms with E-state index in [-0.39, 0.29) is 29.4 Å². The van der Waals surface area contributed by atoms with Crippen molar-refractivity contribution in [3.63, 3.8) is 0 Å². The third-order valence-electron chi connectivity index (χ3n) is 3.52. The maximum absolute atomic E-state index is 12.5. The minimum atomic E-state index is -0.708. The number of rotatable bonds is 9. The van der Waals surface area contributed by atoms with Crippen molar-refractivity contribution in [1.29, 1.82) is 0 Å². The fourth-order valence-electron chi connectivity index (χ4n) is 2.41. The smallest absolute Gasteiger partial charge is 0.243 e. The SMILES string of the molecule is CC(=O)N[C@H](CC(C)C)C(=O)N[C@H](Cc1ccccc1)C(=O)CCl. The summed E-state index contributed by atoms with van der Waals surface area (Å²) in [6.45, 7) is 5.30.